The molecule has 5 heteroatoms. The largest absolute Gasteiger partial charge is 0.508 e. The summed E-state index contributed by atoms with van der Waals surface area (Å²) >= 11 is 0. The van der Waals surface area contributed by atoms with Gasteiger partial charge >= 0.3 is 5.97 Å². The normalized spacial score (nSPS) is 21.2. The van der Waals surface area contributed by atoms with Crippen LogP contribution in [0.2, 0.25) is 0 Å². The smallest absolute Gasteiger partial charge is 0.305 e. The lowest BCUT2D eigenvalue weighted by Crippen LogP contribution is -2.36. The van der Waals surface area contributed by atoms with Crippen molar-refractivity contribution in [2.24, 2.45) is 11.8 Å². The summed E-state index contributed by atoms with van der Waals surface area (Å²) in [5.41, 5.74) is 0.151. The lowest BCUT2D eigenvalue weighted by molar-refractivity contribution is -0.142. The average Bonchev–Trinajstić information content (AvgIpc) is 3.12. The SMILES string of the molecule is [C-]#[N+]C(c1ccc(O)cc1)(c1cccc(F)c1)[C@H]1CCC[C@@H]1CC(=O)OC. The van der Waals surface area contributed by atoms with E-state index < -0.39 is 11.4 Å². The van der Waals surface area contributed by atoms with Gasteiger partial charge in [0.15, 0.2) is 0 Å². The number of hydrogen-bond acceptors (Lipinski definition) is 3. The zero-order chi connectivity index (χ0) is 19.4. The van der Waals surface area contributed by atoms with E-state index in [1.54, 1.807) is 36.4 Å². The first-order chi connectivity index (χ1) is 13.0. The number of nitrogens with zero attached hydrogens (tertiary/aromatic N) is 1. The number of carbonyl (C=O) groups excluding carboxylic acids is 1. The third-order valence-corrected chi connectivity index (χ3v) is 5.60. The summed E-state index contributed by atoms with van der Waals surface area (Å²) in [6.45, 7) is 8.11. The van der Waals surface area contributed by atoms with Crippen LogP contribution in [-0.4, -0.2) is 18.2 Å². The molecule has 2 aromatic rings. The van der Waals surface area contributed by atoms with Crippen molar-refractivity contribution < 1.29 is 19.0 Å². The van der Waals surface area contributed by atoms with E-state index in [0.29, 0.717) is 11.1 Å². The highest BCUT2D eigenvalue weighted by atomic mass is 19.1. The van der Waals surface area contributed by atoms with Gasteiger partial charge in [0.25, 0.3) is 5.54 Å². The van der Waals surface area contributed by atoms with Gasteiger partial charge in [-0.2, -0.15) is 0 Å². The molecule has 2 aromatic carbocycles. The predicted octanol–water partition coefficient (Wildman–Crippen LogP) is 4.67. The number of hydrogen-bond donors (Lipinski definition) is 1. The van der Waals surface area contributed by atoms with Crippen molar-refractivity contribution in [2.45, 2.75) is 31.2 Å². The summed E-state index contributed by atoms with van der Waals surface area (Å²) in [5, 5.41) is 9.68. The number of benzene rings is 2. The molecule has 1 aliphatic carbocycles. The Morgan fingerprint density at radius 1 is 1.26 bits per heavy atom. The summed E-state index contributed by atoms with van der Waals surface area (Å²) < 4.78 is 18.9. The van der Waals surface area contributed by atoms with Crippen LogP contribution < -0.4 is 0 Å². The molecule has 0 heterocycles. The van der Waals surface area contributed by atoms with Gasteiger partial charge in [-0.15, -0.1) is 0 Å². The molecule has 0 aliphatic heterocycles. The predicted molar refractivity (Wildman–Crippen MR) is 99.4 cm³/mol. The van der Waals surface area contributed by atoms with Gasteiger partial charge < -0.3 is 9.84 Å². The van der Waals surface area contributed by atoms with Gasteiger partial charge in [-0.3, -0.25) is 9.64 Å². The number of halogens is 1. The van der Waals surface area contributed by atoms with Gasteiger partial charge in [0.2, 0.25) is 0 Å². The maximum absolute atomic E-state index is 14.0. The minimum atomic E-state index is -1.12. The summed E-state index contributed by atoms with van der Waals surface area (Å²) in [5.74, 6) is -0.768. The molecule has 0 aromatic heterocycles. The molecule has 0 saturated heterocycles. The molecule has 1 saturated carbocycles. The van der Waals surface area contributed by atoms with E-state index in [1.807, 2.05) is 0 Å². The Balaban J connectivity index is 2.16. The average molecular weight is 367 g/mol. The summed E-state index contributed by atoms with van der Waals surface area (Å²) in [6.07, 6.45) is 2.73. The van der Waals surface area contributed by atoms with E-state index in [4.69, 9.17) is 11.3 Å². The topological polar surface area (TPSA) is 50.9 Å². The number of phenols is 1. The Hall–Kier alpha value is -2.87. The summed E-state index contributed by atoms with van der Waals surface area (Å²) in [4.78, 5) is 16.0. The Kier molecular flexibility index (Phi) is 5.46. The van der Waals surface area contributed by atoms with Crippen molar-refractivity contribution in [2.75, 3.05) is 7.11 Å². The number of aromatic hydroxyl groups is 1. The van der Waals surface area contributed by atoms with Crippen molar-refractivity contribution in [3.63, 3.8) is 0 Å². The second kappa shape index (κ2) is 7.79. The Bertz CT molecular complexity index is 859. The minimum Gasteiger partial charge on any atom is -0.508 e. The quantitative estimate of drug-likeness (QED) is 0.617. The molecule has 0 bridgehead atoms. The zero-order valence-corrected chi connectivity index (χ0v) is 15.2. The van der Waals surface area contributed by atoms with Gasteiger partial charge in [0.05, 0.1) is 7.11 Å². The van der Waals surface area contributed by atoms with Crippen LogP contribution in [-0.2, 0) is 15.1 Å². The molecular formula is C22H22FNO3. The fourth-order valence-electron chi connectivity index (χ4n) is 4.38. The molecule has 140 valence electrons. The molecule has 27 heavy (non-hydrogen) atoms. The second-order valence-corrected chi connectivity index (χ2v) is 7.01. The van der Waals surface area contributed by atoms with Crippen LogP contribution in [0.5, 0.6) is 5.75 Å². The van der Waals surface area contributed by atoms with Gasteiger partial charge in [0, 0.05) is 23.5 Å². The zero-order valence-electron chi connectivity index (χ0n) is 15.2. The molecule has 0 radical (unpaired) electrons. The molecule has 1 fully saturated rings. The number of carbonyl (C=O) groups is 1. The van der Waals surface area contributed by atoms with E-state index in [0.717, 1.165) is 19.3 Å². The van der Waals surface area contributed by atoms with Crippen LogP contribution >= 0.6 is 0 Å². The van der Waals surface area contributed by atoms with Crippen molar-refractivity contribution in [1.29, 1.82) is 0 Å². The summed E-state index contributed by atoms with van der Waals surface area (Å²) in [7, 11) is 1.36. The molecular weight excluding hydrogens is 345 g/mol. The van der Waals surface area contributed by atoms with E-state index in [2.05, 4.69) is 4.85 Å². The number of methoxy groups -OCH3 is 1. The number of esters is 1. The maximum Gasteiger partial charge on any atom is 0.305 e. The molecule has 4 nitrogen and oxygen atoms in total. The van der Waals surface area contributed by atoms with Crippen LogP contribution in [0, 0.1) is 24.2 Å². The first-order valence-electron chi connectivity index (χ1n) is 9.02. The van der Waals surface area contributed by atoms with Crippen LogP contribution in [0.1, 0.15) is 36.8 Å². The lowest BCUT2D eigenvalue weighted by Gasteiger charge is -2.32. The van der Waals surface area contributed by atoms with Crippen LogP contribution in [0.25, 0.3) is 4.85 Å². The van der Waals surface area contributed by atoms with Crippen LogP contribution in [0.4, 0.5) is 4.39 Å². The van der Waals surface area contributed by atoms with Gasteiger partial charge in [-0.05, 0) is 55.2 Å². The molecule has 3 rings (SSSR count). The van der Waals surface area contributed by atoms with Gasteiger partial charge in [0.1, 0.15) is 11.6 Å². The van der Waals surface area contributed by atoms with Crippen molar-refractivity contribution >= 4 is 5.97 Å². The number of ether oxygens (including phenoxy) is 1. The number of phenolic OH excluding ortho intramolecular Hbond substituents is 1. The Labute approximate surface area is 158 Å². The molecule has 1 N–H and O–H groups in total. The fourth-order valence-corrected chi connectivity index (χ4v) is 4.38. The van der Waals surface area contributed by atoms with E-state index in [9.17, 15) is 14.3 Å². The molecule has 1 aliphatic rings. The van der Waals surface area contributed by atoms with Gasteiger partial charge in [-0.25, -0.2) is 11.0 Å². The van der Waals surface area contributed by atoms with Crippen molar-refractivity contribution in [3.8, 4) is 5.75 Å². The highest BCUT2D eigenvalue weighted by molar-refractivity contribution is 5.69. The Morgan fingerprint density at radius 2 is 2.00 bits per heavy atom. The third-order valence-electron chi connectivity index (χ3n) is 5.60. The highest BCUT2D eigenvalue weighted by Crippen LogP contribution is 2.52. The molecule has 1 unspecified atom stereocenters. The highest BCUT2D eigenvalue weighted by Gasteiger charge is 2.54. The third kappa shape index (κ3) is 3.52. The lowest BCUT2D eigenvalue weighted by atomic mass is 9.68. The molecule has 3 atom stereocenters. The monoisotopic (exact) mass is 367 g/mol. The first kappa shape index (κ1) is 18.9. The van der Waals surface area contributed by atoms with E-state index in [-0.39, 0.29) is 30.0 Å². The first-order valence-corrected chi connectivity index (χ1v) is 9.02. The summed E-state index contributed by atoms with van der Waals surface area (Å²) in [6, 6.07) is 12.6. The number of rotatable bonds is 5. The van der Waals surface area contributed by atoms with Crippen molar-refractivity contribution in [3.05, 3.63) is 76.9 Å². The second-order valence-electron chi connectivity index (χ2n) is 7.01. The van der Waals surface area contributed by atoms with Crippen LogP contribution in [0.15, 0.2) is 48.5 Å². The van der Waals surface area contributed by atoms with Crippen LogP contribution in [0.3, 0.4) is 0 Å². The molecule has 0 spiro atoms. The maximum atomic E-state index is 14.0. The molecule has 0 amide bonds. The van der Waals surface area contributed by atoms with E-state index >= 15 is 0 Å². The fraction of sp³-hybridized carbons (Fsp3) is 0.364. The minimum absolute atomic E-state index is 0.0244. The Morgan fingerprint density at radius 3 is 2.63 bits per heavy atom. The van der Waals surface area contributed by atoms with Crippen molar-refractivity contribution in [1.82, 2.24) is 0 Å². The standard InChI is InChI=1S/C22H22FNO3/c1-24-22(16-9-11-19(25)12-10-16,17-6-4-7-18(23)14-17)20-8-3-5-15(20)13-21(26)27-2/h4,6-7,9-12,14-15,20,25H,3,5,8,13H2,2H3/t15-,20+,22?/m1/s1. The van der Waals surface area contributed by atoms with E-state index in [1.165, 1.54) is 19.2 Å². The van der Waals surface area contributed by atoms with Gasteiger partial charge in [-0.1, -0.05) is 18.6 Å².